The Hall–Kier alpha value is -2.11. The Kier molecular flexibility index (Phi) is 4.50. The second-order valence-electron chi connectivity index (χ2n) is 5.28. The third kappa shape index (κ3) is 2.78. The zero-order valence-corrected chi connectivity index (χ0v) is 14.5. The first-order valence-corrected chi connectivity index (χ1v) is 8.34. The molecule has 0 amide bonds. The molecule has 1 N–H and O–H groups in total. The first-order valence-electron chi connectivity index (χ1n) is 7.46. The molecule has 0 bridgehead atoms. The van der Waals surface area contributed by atoms with E-state index in [1.165, 1.54) is 0 Å². The van der Waals surface area contributed by atoms with Crippen LogP contribution in [0.2, 0.25) is 0 Å². The fraction of sp³-hybridized carbons (Fsp3) is 0.278. The number of ether oxygens (including phenoxy) is 2. The SMILES string of the molecule is CNC(C)c1nc(-c2c(OC)cc(OC)c3ccccc23)cs1. The smallest absolute Gasteiger partial charge is 0.132 e. The van der Waals surface area contributed by atoms with Crippen molar-refractivity contribution in [2.45, 2.75) is 13.0 Å². The number of benzene rings is 2. The molecule has 5 heteroatoms. The van der Waals surface area contributed by atoms with E-state index >= 15 is 0 Å². The van der Waals surface area contributed by atoms with Crippen molar-refractivity contribution in [3.8, 4) is 22.8 Å². The van der Waals surface area contributed by atoms with Crippen molar-refractivity contribution in [2.24, 2.45) is 0 Å². The molecule has 1 aromatic heterocycles. The van der Waals surface area contributed by atoms with E-state index in [0.29, 0.717) is 0 Å². The zero-order chi connectivity index (χ0) is 16.4. The Balaban J connectivity index is 2.25. The molecular weight excluding hydrogens is 308 g/mol. The van der Waals surface area contributed by atoms with Crippen LogP contribution in [0.4, 0.5) is 0 Å². The van der Waals surface area contributed by atoms with Crippen LogP contribution in [0.3, 0.4) is 0 Å². The monoisotopic (exact) mass is 328 g/mol. The van der Waals surface area contributed by atoms with Gasteiger partial charge in [-0.05, 0) is 19.4 Å². The van der Waals surface area contributed by atoms with Gasteiger partial charge in [-0.2, -0.15) is 0 Å². The lowest BCUT2D eigenvalue weighted by Crippen LogP contribution is -2.11. The lowest BCUT2D eigenvalue weighted by molar-refractivity contribution is 0.399. The van der Waals surface area contributed by atoms with E-state index < -0.39 is 0 Å². The summed E-state index contributed by atoms with van der Waals surface area (Å²) in [5.41, 5.74) is 1.94. The van der Waals surface area contributed by atoms with Crippen LogP contribution in [-0.2, 0) is 0 Å². The third-order valence-electron chi connectivity index (χ3n) is 3.99. The molecule has 120 valence electrons. The molecule has 0 aliphatic heterocycles. The van der Waals surface area contributed by atoms with Gasteiger partial charge in [0.25, 0.3) is 0 Å². The van der Waals surface area contributed by atoms with E-state index in [9.17, 15) is 0 Å². The van der Waals surface area contributed by atoms with Crippen molar-refractivity contribution in [2.75, 3.05) is 21.3 Å². The number of methoxy groups -OCH3 is 2. The van der Waals surface area contributed by atoms with Gasteiger partial charge >= 0.3 is 0 Å². The first kappa shape index (κ1) is 15.8. The van der Waals surface area contributed by atoms with Crippen LogP contribution in [0.5, 0.6) is 11.5 Å². The average molecular weight is 328 g/mol. The summed E-state index contributed by atoms with van der Waals surface area (Å²) in [4.78, 5) is 4.80. The van der Waals surface area contributed by atoms with Gasteiger partial charge in [-0.25, -0.2) is 4.98 Å². The minimum Gasteiger partial charge on any atom is -0.496 e. The largest absolute Gasteiger partial charge is 0.496 e. The predicted molar refractivity (Wildman–Crippen MR) is 95.6 cm³/mol. The summed E-state index contributed by atoms with van der Waals surface area (Å²) < 4.78 is 11.1. The summed E-state index contributed by atoms with van der Waals surface area (Å²) >= 11 is 1.65. The number of nitrogens with one attached hydrogen (secondary N) is 1. The van der Waals surface area contributed by atoms with Gasteiger partial charge in [0.2, 0.25) is 0 Å². The Morgan fingerprint density at radius 1 is 1.09 bits per heavy atom. The minimum absolute atomic E-state index is 0.226. The maximum absolute atomic E-state index is 5.62. The van der Waals surface area contributed by atoms with Crippen molar-refractivity contribution < 1.29 is 9.47 Å². The molecule has 1 atom stereocenters. The molecule has 3 rings (SSSR count). The summed E-state index contributed by atoms with van der Waals surface area (Å²) in [6.07, 6.45) is 0. The number of rotatable bonds is 5. The molecular formula is C18H20N2O2S. The molecule has 1 unspecified atom stereocenters. The van der Waals surface area contributed by atoms with Gasteiger partial charge in [-0.15, -0.1) is 11.3 Å². The van der Waals surface area contributed by atoms with Crippen LogP contribution < -0.4 is 14.8 Å². The van der Waals surface area contributed by atoms with Crippen LogP contribution in [-0.4, -0.2) is 26.3 Å². The highest BCUT2D eigenvalue weighted by atomic mass is 32.1. The predicted octanol–water partition coefficient (Wildman–Crippen LogP) is 4.26. The summed E-state index contributed by atoms with van der Waals surface area (Å²) in [5.74, 6) is 1.58. The van der Waals surface area contributed by atoms with Crippen molar-refractivity contribution >= 4 is 22.1 Å². The molecule has 0 spiro atoms. The second kappa shape index (κ2) is 6.56. The highest BCUT2D eigenvalue weighted by Gasteiger charge is 2.18. The third-order valence-corrected chi connectivity index (χ3v) is 5.02. The molecule has 0 fully saturated rings. The van der Waals surface area contributed by atoms with E-state index in [-0.39, 0.29) is 6.04 Å². The van der Waals surface area contributed by atoms with Gasteiger partial charge in [-0.3, -0.25) is 0 Å². The summed E-state index contributed by atoms with van der Waals surface area (Å²) in [7, 11) is 5.29. The number of thiazole rings is 1. The molecule has 0 aliphatic carbocycles. The van der Waals surface area contributed by atoms with Gasteiger partial charge in [0, 0.05) is 16.8 Å². The normalized spacial score (nSPS) is 12.3. The molecule has 1 heterocycles. The number of hydrogen-bond acceptors (Lipinski definition) is 5. The maximum Gasteiger partial charge on any atom is 0.132 e. The van der Waals surface area contributed by atoms with Crippen molar-refractivity contribution in [1.29, 1.82) is 0 Å². The van der Waals surface area contributed by atoms with Crippen LogP contribution in [0.25, 0.3) is 22.0 Å². The van der Waals surface area contributed by atoms with E-state index in [0.717, 1.165) is 38.5 Å². The van der Waals surface area contributed by atoms with Gasteiger partial charge in [0.05, 0.1) is 31.5 Å². The second-order valence-corrected chi connectivity index (χ2v) is 6.17. The fourth-order valence-corrected chi connectivity index (χ4v) is 3.51. The lowest BCUT2D eigenvalue weighted by Gasteiger charge is -2.14. The van der Waals surface area contributed by atoms with Gasteiger partial charge in [0.15, 0.2) is 0 Å². The average Bonchev–Trinajstić information content (AvgIpc) is 3.09. The number of fused-ring (bicyclic) bond motifs is 1. The fourth-order valence-electron chi connectivity index (χ4n) is 2.64. The highest BCUT2D eigenvalue weighted by molar-refractivity contribution is 7.10. The quantitative estimate of drug-likeness (QED) is 0.760. The topological polar surface area (TPSA) is 43.4 Å². The van der Waals surface area contributed by atoms with E-state index in [4.69, 9.17) is 14.5 Å². The van der Waals surface area contributed by atoms with Crippen LogP contribution >= 0.6 is 11.3 Å². The molecule has 0 aliphatic rings. The molecule has 23 heavy (non-hydrogen) atoms. The van der Waals surface area contributed by atoms with Crippen molar-refractivity contribution in [3.63, 3.8) is 0 Å². The van der Waals surface area contributed by atoms with Crippen LogP contribution in [0, 0.1) is 0 Å². The van der Waals surface area contributed by atoms with E-state index in [1.807, 2.05) is 25.2 Å². The molecule has 2 aromatic carbocycles. The van der Waals surface area contributed by atoms with Crippen LogP contribution in [0.1, 0.15) is 18.0 Å². The van der Waals surface area contributed by atoms with E-state index in [1.54, 1.807) is 25.6 Å². The Morgan fingerprint density at radius 3 is 2.43 bits per heavy atom. The standard InChI is InChI=1S/C18H20N2O2S/c1-11(19-2)18-20-14(10-23-18)17-13-8-6-5-7-12(13)15(21-3)9-16(17)22-4/h5-11,19H,1-4H3. The number of hydrogen-bond donors (Lipinski definition) is 1. The van der Waals surface area contributed by atoms with E-state index in [2.05, 4.69) is 29.8 Å². The minimum atomic E-state index is 0.226. The van der Waals surface area contributed by atoms with Crippen LogP contribution in [0.15, 0.2) is 35.7 Å². The molecule has 0 saturated carbocycles. The molecule has 3 aromatic rings. The van der Waals surface area contributed by atoms with Crippen molar-refractivity contribution in [1.82, 2.24) is 10.3 Å². The maximum atomic E-state index is 5.62. The van der Waals surface area contributed by atoms with Crippen molar-refractivity contribution in [3.05, 3.63) is 40.7 Å². The van der Waals surface area contributed by atoms with Gasteiger partial charge in [0.1, 0.15) is 16.5 Å². The molecule has 0 saturated heterocycles. The highest BCUT2D eigenvalue weighted by Crippen LogP contribution is 2.42. The Morgan fingerprint density at radius 2 is 1.78 bits per heavy atom. The van der Waals surface area contributed by atoms with Gasteiger partial charge in [-0.1, -0.05) is 24.3 Å². The molecule has 4 nitrogen and oxygen atoms in total. The first-order chi connectivity index (χ1) is 11.2. The zero-order valence-electron chi connectivity index (χ0n) is 13.7. The Bertz CT molecular complexity index is 829. The lowest BCUT2D eigenvalue weighted by atomic mass is 10.0. The summed E-state index contributed by atoms with van der Waals surface area (Å²) in [5, 5.41) is 8.51. The van der Waals surface area contributed by atoms with Gasteiger partial charge < -0.3 is 14.8 Å². The number of nitrogens with zero attached hydrogens (tertiary/aromatic N) is 1. The Labute approximate surface area is 140 Å². The summed E-state index contributed by atoms with van der Waals surface area (Å²) in [6.45, 7) is 2.10. The summed E-state index contributed by atoms with van der Waals surface area (Å²) in [6, 6.07) is 10.3. The number of aromatic nitrogens is 1. The molecule has 0 radical (unpaired) electrons.